The first-order chi connectivity index (χ1) is 15.6. The van der Waals surface area contributed by atoms with Gasteiger partial charge in [-0.05, 0) is 44.0 Å². The number of benzene rings is 1. The van der Waals surface area contributed by atoms with Crippen LogP contribution in [0.4, 0.5) is 4.79 Å². The normalized spacial score (nSPS) is 25.4. The van der Waals surface area contributed by atoms with Gasteiger partial charge in [-0.1, -0.05) is 24.3 Å². The number of ether oxygens (including phenoxy) is 1. The molecule has 33 heavy (non-hydrogen) atoms. The van der Waals surface area contributed by atoms with E-state index >= 15 is 0 Å². The number of esters is 1. The molecule has 0 aliphatic carbocycles. The van der Waals surface area contributed by atoms with Gasteiger partial charge in [0.05, 0.1) is 24.4 Å². The Morgan fingerprint density at radius 3 is 2.42 bits per heavy atom. The van der Waals surface area contributed by atoms with Crippen molar-refractivity contribution in [2.45, 2.75) is 44.4 Å². The summed E-state index contributed by atoms with van der Waals surface area (Å²) in [4.78, 5) is 52.7. The van der Waals surface area contributed by atoms with E-state index in [2.05, 4.69) is 15.7 Å². The molecule has 1 spiro atoms. The Morgan fingerprint density at radius 1 is 1.09 bits per heavy atom. The average molecular weight is 450 g/mol. The topological polar surface area (TPSA) is 130 Å². The van der Waals surface area contributed by atoms with Crippen molar-refractivity contribution in [1.29, 1.82) is 0 Å². The molecule has 2 aromatic rings. The number of carbonyl (C=O) groups excluding carboxylic acids is 4. The molecule has 0 radical (unpaired) electrons. The van der Waals surface area contributed by atoms with Gasteiger partial charge in [0, 0.05) is 0 Å². The molecule has 3 aliphatic heterocycles. The molecule has 2 N–H and O–H groups in total. The Kier molecular flexibility index (Phi) is 4.45. The van der Waals surface area contributed by atoms with Crippen LogP contribution in [0.15, 0.2) is 52.2 Å². The van der Waals surface area contributed by atoms with Crippen LogP contribution in [0.5, 0.6) is 0 Å². The number of hydrogen-bond acceptors (Lipinski definition) is 8. The number of fused-ring (bicyclic) bond motifs is 4. The number of carbonyl (C=O) groups is 4. The van der Waals surface area contributed by atoms with Crippen LogP contribution in [0.3, 0.4) is 0 Å². The monoisotopic (exact) mass is 450 g/mol. The fourth-order valence-corrected chi connectivity index (χ4v) is 5.01. The summed E-state index contributed by atoms with van der Waals surface area (Å²) in [5.74, 6) is -3.22. The maximum absolute atomic E-state index is 13.6. The Morgan fingerprint density at radius 2 is 1.79 bits per heavy atom. The van der Waals surface area contributed by atoms with Crippen LogP contribution >= 0.6 is 0 Å². The van der Waals surface area contributed by atoms with Crippen molar-refractivity contribution < 1.29 is 28.3 Å². The summed E-state index contributed by atoms with van der Waals surface area (Å²) in [6.07, 6.45) is 2.97. The number of imide groups is 2. The third-order valence-electron chi connectivity index (χ3n) is 6.11. The lowest BCUT2D eigenvalue weighted by atomic mass is 9.65. The molecule has 170 valence electrons. The number of nitrogens with zero attached hydrogens (tertiary/aromatic N) is 2. The van der Waals surface area contributed by atoms with Crippen molar-refractivity contribution in [2.75, 3.05) is 0 Å². The number of urea groups is 1. The number of rotatable bonds is 2. The fourth-order valence-electron chi connectivity index (χ4n) is 5.01. The molecule has 2 saturated heterocycles. The highest BCUT2D eigenvalue weighted by atomic mass is 16.6. The van der Waals surface area contributed by atoms with Gasteiger partial charge in [0.25, 0.3) is 0 Å². The zero-order valence-corrected chi connectivity index (χ0v) is 18.2. The van der Waals surface area contributed by atoms with E-state index in [1.165, 1.54) is 11.3 Å². The van der Waals surface area contributed by atoms with Crippen LogP contribution in [0.1, 0.15) is 49.6 Å². The van der Waals surface area contributed by atoms with Crippen molar-refractivity contribution in [1.82, 2.24) is 15.6 Å². The Labute approximate surface area is 188 Å². The van der Waals surface area contributed by atoms with Gasteiger partial charge in [-0.25, -0.2) is 9.59 Å². The SMILES string of the molecule is CC(C)(C)OC(=O)[C@@H]1[C@H](c2ccco2)C2(C(=O)NC(=O)NC2=O)[C@H]2c3ccccc3C=NN12. The van der Waals surface area contributed by atoms with E-state index in [9.17, 15) is 19.2 Å². The van der Waals surface area contributed by atoms with Crippen molar-refractivity contribution in [2.24, 2.45) is 10.5 Å². The highest BCUT2D eigenvalue weighted by Gasteiger charge is 2.73. The summed E-state index contributed by atoms with van der Waals surface area (Å²) >= 11 is 0. The van der Waals surface area contributed by atoms with E-state index in [1.807, 2.05) is 6.07 Å². The Hall–Kier alpha value is -3.95. The van der Waals surface area contributed by atoms with E-state index < -0.39 is 52.8 Å². The standard InChI is InChI=1S/C23H22N4O6/c1-22(2,3)33-18(28)16-15(14-9-6-10-32-14)23(19(29)25-21(31)26-20(23)30)17-13-8-5-4-7-12(13)11-24-27(16)17/h4-11,15-17H,1-3H3,(H2,25,26,29,30,31)/t15-,16-,17+/m0/s1. The molecule has 1 aromatic carbocycles. The van der Waals surface area contributed by atoms with Gasteiger partial charge in [0.1, 0.15) is 11.4 Å². The highest BCUT2D eigenvalue weighted by Crippen LogP contribution is 2.60. The third kappa shape index (κ3) is 2.97. The van der Waals surface area contributed by atoms with Gasteiger partial charge in [-0.15, -0.1) is 0 Å². The Bertz CT molecular complexity index is 1180. The van der Waals surface area contributed by atoms with Gasteiger partial charge in [0.2, 0.25) is 11.8 Å². The van der Waals surface area contributed by atoms with Gasteiger partial charge in [0.15, 0.2) is 11.5 Å². The summed E-state index contributed by atoms with van der Waals surface area (Å²) in [6.45, 7) is 5.17. The highest BCUT2D eigenvalue weighted by molar-refractivity contribution is 6.21. The van der Waals surface area contributed by atoms with Crippen molar-refractivity contribution in [3.63, 3.8) is 0 Å². The molecule has 4 amide bonds. The molecule has 1 aromatic heterocycles. The van der Waals surface area contributed by atoms with Crippen LogP contribution in [-0.2, 0) is 19.1 Å². The van der Waals surface area contributed by atoms with Crippen molar-refractivity contribution >= 4 is 30.0 Å². The van der Waals surface area contributed by atoms with Gasteiger partial charge in [-0.3, -0.25) is 25.2 Å². The predicted molar refractivity (Wildman–Crippen MR) is 114 cm³/mol. The molecule has 0 unspecified atom stereocenters. The number of nitrogens with one attached hydrogen (secondary N) is 2. The van der Waals surface area contributed by atoms with Gasteiger partial charge in [-0.2, -0.15) is 5.10 Å². The molecule has 0 saturated carbocycles. The second-order valence-corrected chi connectivity index (χ2v) is 9.23. The number of hydrazone groups is 1. The minimum atomic E-state index is -1.93. The first-order valence-electron chi connectivity index (χ1n) is 10.5. The lowest BCUT2D eigenvalue weighted by Crippen LogP contribution is -2.65. The summed E-state index contributed by atoms with van der Waals surface area (Å²) in [5, 5.41) is 10.4. The van der Waals surface area contributed by atoms with Crippen LogP contribution in [0, 0.1) is 5.41 Å². The minimum absolute atomic E-state index is 0.229. The van der Waals surface area contributed by atoms with E-state index in [1.54, 1.807) is 57.3 Å². The lowest BCUT2D eigenvalue weighted by Gasteiger charge is -2.40. The maximum atomic E-state index is 13.6. The maximum Gasteiger partial charge on any atom is 0.331 e. The first-order valence-corrected chi connectivity index (χ1v) is 10.5. The number of furan rings is 1. The smallest absolute Gasteiger partial charge is 0.331 e. The molecule has 3 atom stereocenters. The zero-order valence-electron chi connectivity index (χ0n) is 18.2. The van der Waals surface area contributed by atoms with E-state index in [0.29, 0.717) is 11.1 Å². The Balaban J connectivity index is 1.79. The molecular formula is C23H22N4O6. The van der Waals surface area contributed by atoms with Crippen LogP contribution < -0.4 is 10.6 Å². The minimum Gasteiger partial charge on any atom is -0.469 e. The molecule has 0 bridgehead atoms. The van der Waals surface area contributed by atoms with Gasteiger partial charge < -0.3 is 9.15 Å². The summed E-state index contributed by atoms with van der Waals surface area (Å²) in [6, 6.07) is 7.27. The molecule has 5 rings (SSSR count). The van der Waals surface area contributed by atoms with Crippen LogP contribution in [0.2, 0.25) is 0 Å². The molecule has 2 fully saturated rings. The first kappa shape index (κ1) is 20.9. The zero-order chi connectivity index (χ0) is 23.5. The summed E-state index contributed by atoms with van der Waals surface area (Å²) in [7, 11) is 0. The average Bonchev–Trinajstić information content (AvgIpc) is 3.35. The van der Waals surface area contributed by atoms with E-state index in [-0.39, 0.29) is 5.76 Å². The van der Waals surface area contributed by atoms with Crippen LogP contribution in [-0.4, -0.2) is 46.7 Å². The molecule has 10 nitrogen and oxygen atoms in total. The molecule has 10 heteroatoms. The second-order valence-electron chi connectivity index (χ2n) is 9.23. The predicted octanol–water partition coefficient (Wildman–Crippen LogP) is 1.83. The molecule has 3 aliphatic rings. The number of amides is 4. The summed E-state index contributed by atoms with van der Waals surface area (Å²) in [5.41, 5.74) is -1.45. The lowest BCUT2D eigenvalue weighted by molar-refractivity contribution is -0.161. The largest absolute Gasteiger partial charge is 0.469 e. The van der Waals surface area contributed by atoms with Crippen LogP contribution in [0.25, 0.3) is 0 Å². The third-order valence-corrected chi connectivity index (χ3v) is 6.11. The van der Waals surface area contributed by atoms with Crippen molar-refractivity contribution in [3.05, 3.63) is 59.5 Å². The molecule has 4 heterocycles. The molecular weight excluding hydrogens is 428 g/mol. The number of hydrogen-bond donors (Lipinski definition) is 2. The fraction of sp³-hybridized carbons (Fsp3) is 0.348. The number of barbiturate groups is 1. The quantitative estimate of drug-likeness (QED) is 0.527. The van der Waals surface area contributed by atoms with E-state index in [4.69, 9.17) is 9.15 Å². The van der Waals surface area contributed by atoms with Crippen molar-refractivity contribution in [3.8, 4) is 0 Å². The summed E-state index contributed by atoms with van der Waals surface area (Å²) < 4.78 is 11.3. The van der Waals surface area contributed by atoms with E-state index in [0.717, 1.165) is 0 Å². The second kappa shape index (κ2) is 7.03. The van der Waals surface area contributed by atoms with Gasteiger partial charge >= 0.3 is 12.0 Å².